The Hall–Kier alpha value is -2.93. The molecule has 0 unspecified atom stereocenters. The minimum Gasteiger partial charge on any atom is -0.385 e. The maximum atomic E-state index is 12.8. The number of hydrogen-bond acceptors (Lipinski definition) is 4. The molecule has 0 aliphatic heterocycles. The van der Waals surface area contributed by atoms with Crippen LogP contribution in [0, 0.1) is 5.82 Å². The number of nitrogens with one attached hydrogen (secondary N) is 3. The first-order valence-electron chi connectivity index (χ1n) is 8.25. The van der Waals surface area contributed by atoms with Crippen LogP contribution in [0.25, 0.3) is 0 Å². The third-order valence-electron chi connectivity index (χ3n) is 3.54. The van der Waals surface area contributed by atoms with Crippen molar-refractivity contribution in [3.8, 4) is 0 Å². The summed E-state index contributed by atoms with van der Waals surface area (Å²) in [7, 11) is 1.62. The van der Waals surface area contributed by atoms with Gasteiger partial charge in [-0.15, -0.1) is 0 Å². The normalized spacial score (nSPS) is 10.2. The minimum atomic E-state index is -0.357. The molecule has 3 N–H and O–H groups in total. The average molecular weight is 359 g/mol. The number of methoxy groups -OCH3 is 1. The zero-order valence-corrected chi connectivity index (χ0v) is 14.5. The van der Waals surface area contributed by atoms with Crippen molar-refractivity contribution in [1.29, 1.82) is 0 Å². The molecular weight excluding hydrogens is 337 g/mol. The summed E-state index contributed by atoms with van der Waals surface area (Å²) >= 11 is 0. The summed E-state index contributed by atoms with van der Waals surface area (Å²) in [6.45, 7) is 1.21. The molecule has 0 saturated carbocycles. The largest absolute Gasteiger partial charge is 0.385 e. The first-order chi connectivity index (χ1) is 12.6. The molecule has 0 atom stereocenters. The fourth-order valence-electron chi connectivity index (χ4n) is 2.18. The van der Waals surface area contributed by atoms with Gasteiger partial charge in [0.25, 0.3) is 5.91 Å². The Morgan fingerprint density at radius 2 is 1.65 bits per heavy atom. The smallest absolute Gasteiger partial charge is 0.251 e. The Bertz CT molecular complexity index is 718. The molecule has 0 radical (unpaired) electrons. The van der Waals surface area contributed by atoms with Crippen LogP contribution in [0.3, 0.4) is 0 Å². The number of anilines is 2. The first kappa shape index (κ1) is 19.4. The summed E-state index contributed by atoms with van der Waals surface area (Å²) in [5, 5.41) is 8.43. The van der Waals surface area contributed by atoms with Gasteiger partial charge in [0.05, 0.1) is 6.54 Å². The van der Waals surface area contributed by atoms with Crippen molar-refractivity contribution < 1.29 is 18.7 Å². The van der Waals surface area contributed by atoms with Crippen LogP contribution in [-0.4, -0.2) is 38.6 Å². The third kappa shape index (κ3) is 6.52. The molecule has 2 aromatic carbocycles. The van der Waals surface area contributed by atoms with E-state index >= 15 is 0 Å². The summed E-state index contributed by atoms with van der Waals surface area (Å²) in [5.74, 6) is -0.762. The molecule has 0 saturated heterocycles. The number of carbonyl (C=O) groups excluding carboxylic acids is 2. The minimum absolute atomic E-state index is 0.0555. The van der Waals surface area contributed by atoms with E-state index in [1.165, 1.54) is 24.3 Å². The van der Waals surface area contributed by atoms with Gasteiger partial charge in [0.15, 0.2) is 0 Å². The Morgan fingerprint density at radius 3 is 2.31 bits per heavy atom. The van der Waals surface area contributed by atoms with E-state index in [2.05, 4.69) is 16.0 Å². The lowest BCUT2D eigenvalue weighted by molar-refractivity contribution is -0.114. The van der Waals surface area contributed by atoms with E-state index in [4.69, 9.17) is 4.74 Å². The monoisotopic (exact) mass is 359 g/mol. The molecule has 0 aliphatic carbocycles. The molecular formula is C19H22FN3O3. The van der Waals surface area contributed by atoms with E-state index < -0.39 is 0 Å². The van der Waals surface area contributed by atoms with Crippen molar-refractivity contribution in [3.63, 3.8) is 0 Å². The molecule has 6 nitrogen and oxygen atoms in total. The fraction of sp³-hybridized carbons (Fsp3) is 0.263. The van der Waals surface area contributed by atoms with Gasteiger partial charge in [0.2, 0.25) is 5.91 Å². The van der Waals surface area contributed by atoms with Crippen molar-refractivity contribution in [2.45, 2.75) is 6.42 Å². The summed E-state index contributed by atoms with van der Waals surface area (Å²) in [5.41, 5.74) is 1.79. The average Bonchev–Trinajstić information content (AvgIpc) is 2.66. The zero-order valence-electron chi connectivity index (χ0n) is 14.5. The molecule has 138 valence electrons. The van der Waals surface area contributed by atoms with Gasteiger partial charge in [-0.2, -0.15) is 0 Å². The Labute approximate surface area is 151 Å². The van der Waals surface area contributed by atoms with Crippen molar-refractivity contribution in [3.05, 3.63) is 59.9 Å². The summed E-state index contributed by atoms with van der Waals surface area (Å²) in [6, 6.07) is 12.4. The molecule has 26 heavy (non-hydrogen) atoms. The van der Waals surface area contributed by atoms with Gasteiger partial charge in [-0.3, -0.25) is 9.59 Å². The second-order valence-electron chi connectivity index (χ2n) is 5.59. The third-order valence-corrected chi connectivity index (χ3v) is 3.54. The quantitative estimate of drug-likeness (QED) is 0.602. The lowest BCUT2D eigenvalue weighted by atomic mass is 10.2. The SMILES string of the molecule is COCCCNC(=O)c1ccc(NCC(=O)Nc2ccc(F)cc2)cc1. The number of amides is 2. The molecule has 0 bridgehead atoms. The molecule has 2 amide bonds. The van der Waals surface area contributed by atoms with Crippen LogP contribution in [0.15, 0.2) is 48.5 Å². The van der Waals surface area contributed by atoms with Gasteiger partial charge in [-0.25, -0.2) is 4.39 Å². The zero-order chi connectivity index (χ0) is 18.8. The van der Waals surface area contributed by atoms with Gasteiger partial charge in [0.1, 0.15) is 5.82 Å². The summed E-state index contributed by atoms with van der Waals surface area (Å²) in [4.78, 5) is 23.8. The highest BCUT2D eigenvalue weighted by Gasteiger charge is 2.06. The highest BCUT2D eigenvalue weighted by atomic mass is 19.1. The van der Waals surface area contributed by atoms with Crippen LogP contribution in [0.2, 0.25) is 0 Å². The maximum Gasteiger partial charge on any atom is 0.251 e. The molecule has 7 heteroatoms. The van der Waals surface area contributed by atoms with Crippen molar-refractivity contribution in [2.75, 3.05) is 37.4 Å². The predicted octanol–water partition coefficient (Wildman–Crippen LogP) is 2.64. The van der Waals surface area contributed by atoms with Crippen molar-refractivity contribution in [2.24, 2.45) is 0 Å². The number of halogens is 1. The Morgan fingerprint density at radius 1 is 1.00 bits per heavy atom. The van der Waals surface area contributed by atoms with Gasteiger partial charge >= 0.3 is 0 Å². The van der Waals surface area contributed by atoms with Crippen LogP contribution in [-0.2, 0) is 9.53 Å². The van der Waals surface area contributed by atoms with Crippen LogP contribution in [0.1, 0.15) is 16.8 Å². The number of rotatable bonds is 9. The molecule has 2 aromatic rings. The van der Waals surface area contributed by atoms with Crippen molar-refractivity contribution in [1.82, 2.24) is 5.32 Å². The lowest BCUT2D eigenvalue weighted by Crippen LogP contribution is -2.25. The number of hydrogen-bond donors (Lipinski definition) is 3. The van der Waals surface area contributed by atoms with Gasteiger partial charge in [0, 0.05) is 37.2 Å². The highest BCUT2D eigenvalue weighted by Crippen LogP contribution is 2.10. The van der Waals surface area contributed by atoms with Crippen LogP contribution in [0.4, 0.5) is 15.8 Å². The second kappa shape index (κ2) is 10.1. The van der Waals surface area contributed by atoms with E-state index in [0.717, 1.165) is 12.1 Å². The van der Waals surface area contributed by atoms with E-state index in [-0.39, 0.29) is 24.2 Å². The maximum absolute atomic E-state index is 12.8. The molecule has 0 fully saturated rings. The van der Waals surface area contributed by atoms with E-state index in [1.807, 2.05) is 0 Å². The predicted molar refractivity (Wildman–Crippen MR) is 98.8 cm³/mol. The molecule has 2 rings (SSSR count). The first-order valence-corrected chi connectivity index (χ1v) is 8.25. The van der Waals surface area contributed by atoms with E-state index in [9.17, 15) is 14.0 Å². The van der Waals surface area contributed by atoms with Gasteiger partial charge in [-0.1, -0.05) is 0 Å². The summed E-state index contributed by atoms with van der Waals surface area (Å²) < 4.78 is 17.8. The standard InChI is InChI=1S/C19H22FN3O3/c1-26-12-2-11-21-19(25)14-3-7-16(8-4-14)22-13-18(24)23-17-9-5-15(20)6-10-17/h3-10,22H,2,11-13H2,1H3,(H,21,25)(H,23,24). The van der Waals surface area contributed by atoms with Crippen molar-refractivity contribution >= 4 is 23.2 Å². The Balaban J connectivity index is 1.76. The molecule has 0 aliphatic rings. The number of benzene rings is 2. The van der Waals surface area contributed by atoms with Crippen LogP contribution < -0.4 is 16.0 Å². The van der Waals surface area contributed by atoms with Crippen LogP contribution >= 0.6 is 0 Å². The van der Waals surface area contributed by atoms with E-state index in [0.29, 0.717) is 24.4 Å². The number of carbonyl (C=O) groups is 2. The fourth-order valence-corrected chi connectivity index (χ4v) is 2.18. The molecule has 0 spiro atoms. The molecule has 0 aromatic heterocycles. The van der Waals surface area contributed by atoms with E-state index in [1.54, 1.807) is 31.4 Å². The van der Waals surface area contributed by atoms with Crippen LogP contribution in [0.5, 0.6) is 0 Å². The Kier molecular flexibility index (Phi) is 7.57. The van der Waals surface area contributed by atoms with Gasteiger partial charge in [-0.05, 0) is 55.0 Å². The van der Waals surface area contributed by atoms with Gasteiger partial charge < -0.3 is 20.7 Å². The summed E-state index contributed by atoms with van der Waals surface area (Å²) in [6.07, 6.45) is 0.755. The highest BCUT2D eigenvalue weighted by molar-refractivity contribution is 5.95. The topological polar surface area (TPSA) is 79.5 Å². The number of ether oxygens (including phenoxy) is 1. The molecule has 0 heterocycles. The lowest BCUT2D eigenvalue weighted by Gasteiger charge is -2.09. The second-order valence-corrected chi connectivity index (χ2v) is 5.59.